The fourth-order valence-corrected chi connectivity index (χ4v) is 2.01. The highest BCUT2D eigenvalue weighted by Crippen LogP contribution is 2.39. The Morgan fingerprint density at radius 2 is 2.17 bits per heavy atom. The quantitative estimate of drug-likeness (QED) is 0.824. The highest BCUT2D eigenvalue weighted by molar-refractivity contribution is 14.1. The molecule has 2 rings (SSSR count). The lowest BCUT2D eigenvalue weighted by atomic mass is 10.0. The van der Waals surface area contributed by atoms with Crippen molar-refractivity contribution < 1.29 is 0 Å². The van der Waals surface area contributed by atoms with E-state index in [1.165, 1.54) is 22.0 Å². The van der Waals surface area contributed by atoms with Crippen LogP contribution in [0.4, 0.5) is 0 Å². The van der Waals surface area contributed by atoms with E-state index >= 15 is 0 Å². The highest BCUT2D eigenvalue weighted by atomic mass is 127. The first-order valence-electron chi connectivity index (χ1n) is 4.28. The molecule has 0 heterocycles. The summed E-state index contributed by atoms with van der Waals surface area (Å²) in [5.41, 5.74) is 7.36. The van der Waals surface area contributed by atoms with Crippen molar-refractivity contribution in [2.24, 2.45) is 11.7 Å². The molecule has 0 amide bonds. The maximum atomic E-state index is 6.07. The van der Waals surface area contributed by atoms with E-state index in [1.807, 2.05) is 0 Å². The molecule has 2 N–H and O–H groups in total. The van der Waals surface area contributed by atoms with Gasteiger partial charge >= 0.3 is 0 Å². The normalized spacial score (nSPS) is 19.2. The summed E-state index contributed by atoms with van der Waals surface area (Å²) >= 11 is 2.33. The molecule has 12 heavy (non-hydrogen) atoms. The molecule has 0 bridgehead atoms. The first-order valence-corrected chi connectivity index (χ1v) is 5.36. The van der Waals surface area contributed by atoms with Crippen LogP contribution in [-0.4, -0.2) is 0 Å². The Kier molecular flexibility index (Phi) is 2.37. The zero-order valence-corrected chi connectivity index (χ0v) is 8.99. The van der Waals surface area contributed by atoms with Crippen LogP contribution in [0.3, 0.4) is 0 Å². The summed E-state index contributed by atoms with van der Waals surface area (Å²) < 4.78 is 1.28. The van der Waals surface area contributed by atoms with Gasteiger partial charge < -0.3 is 5.73 Å². The summed E-state index contributed by atoms with van der Waals surface area (Å²) in [7, 11) is 0. The fourth-order valence-electron chi connectivity index (χ4n) is 1.44. The van der Waals surface area contributed by atoms with Crippen molar-refractivity contribution >= 4 is 22.6 Å². The van der Waals surface area contributed by atoms with Gasteiger partial charge in [-0.3, -0.25) is 0 Å². The van der Waals surface area contributed by atoms with Crippen molar-refractivity contribution in [3.8, 4) is 0 Å². The Morgan fingerprint density at radius 1 is 1.42 bits per heavy atom. The van der Waals surface area contributed by atoms with Gasteiger partial charge in [-0.1, -0.05) is 12.1 Å². The van der Waals surface area contributed by atoms with Gasteiger partial charge in [0.1, 0.15) is 0 Å². The molecule has 1 aromatic rings. The van der Waals surface area contributed by atoms with Crippen molar-refractivity contribution in [2.45, 2.75) is 18.9 Å². The predicted octanol–water partition coefficient (Wildman–Crippen LogP) is 2.70. The van der Waals surface area contributed by atoms with Gasteiger partial charge in [-0.2, -0.15) is 0 Å². The lowest BCUT2D eigenvalue weighted by Crippen LogP contribution is -2.12. The molecule has 1 nitrogen and oxygen atoms in total. The smallest absolute Gasteiger partial charge is 0.0323 e. The number of hydrogen-bond acceptors (Lipinski definition) is 1. The summed E-state index contributed by atoms with van der Waals surface area (Å²) in [6, 6.07) is 8.78. The van der Waals surface area contributed by atoms with Crippen LogP contribution < -0.4 is 5.73 Å². The molecular formula is C10H12IN. The lowest BCUT2D eigenvalue weighted by Gasteiger charge is -2.10. The van der Waals surface area contributed by atoms with Crippen LogP contribution >= 0.6 is 22.6 Å². The van der Waals surface area contributed by atoms with Gasteiger partial charge in [-0.05, 0) is 59.0 Å². The van der Waals surface area contributed by atoms with Crippen LogP contribution in [0.1, 0.15) is 24.4 Å². The van der Waals surface area contributed by atoms with Crippen molar-refractivity contribution in [3.63, 3.8) is 0 Å². The second-order valence-corrected chi connectivity index (χ2v) is 4.66. The molecule has 64 valence electrons. The van der Waals surface area contributed by atoms with E-state index < -0.39 is 0 Å². The van der Waals surface area contributed by atoms with Crippen LogP contribution in [0.15, 0.2) is 24.3 Å². The minimum atomic E-state index is 0.278. The van der Waals surface area contributed by atoms with E-state index in [0.29, 0.717) is 0 Å². The summed E-state index contributed by atoms with van der Waals surface area (Å²) in [6.07, 6.45) is 2.62. The zero-order chi connectivity index (χ0) is 8.55. The summed E-state index contributed by atoms with van der Waals surface area (Å²) in [6.45, 7) is 0. The molecule has 0 radical (unpaired) electrons. The van der Waals surface area contributed by atoms with Crippen molar-refractivity contribution in [2.75, 3.05) is 0 Å². The topological polar surface area (TPSA) is 26.0 Å². The Labute approximate surface area is 86.5 Å². The third kappa shape index (κ3) is 1.80. The number of hydrogen-bond donors (Lipinski definition) is 1. The van der Waals surface area contributed by atoms with Crippen molar-refractivity contribution in [3.05, 3.63) is 33.4 Å². The molecule has 1 aliphatic carbocycles. The number of nitrogens with two attached hydrogens (primary N) is 1. The molecule has 1 saturated carbocycles. The average molecular weight is 273 g/mol. The second kappa shape index (κ2) is 3.34. The van der Waals surface area contributed by atoms with Crippen LogP contribution in [0, 0.1) is 9.49 Å². The molecule has 0 unspecified atom stereocenters. The van der Waals surface area contributed by atoms with Crippen LogP contribution in [-0.2, 0) is 0 Å². The number of rotatable bonds is 2. The van der Waals surface area contributed by atoms with Crippen molar-refractivity contribution in [1.82, 2.24) is 0 Å². The van der Waals surface area contributed by atoms with Gasteiger partial charge in [0, 0.05) is 9.61 Å². The van der Waals surface area contributed by atoms with Gasteiger partial charge in [0.15, 0.2) is 0 Å². The average Bonchev–Trinajstić information content (AvgIpc) is 2.85. The Hall–Kier alpha value is -0.0900. The van der Waals surface area contributed by atoms with Gasteiger partial charge in [0.05, 0.1) is 0 Å². The molecule has 1 atom stereocenters. The fraction of sp³-hybridized carbons (Fsp3) is 0.400. The first-order chi connectivity index (χ1) is 5.77. The molecule has 1 aliphatic rings. The third-order valence-corrected chi connectivity index (χ3v) is 3.03. The minimum Gasteiger partial charge on any atom is -0.324 e. The molecule has 2 heteroatoms. The largest absolute Gasteiger partial charge is 0.324 e. The second-order valence-electron chi connectivity index (χ2n) is 3.42. The summed E-state index contributed by atoms with van der Waals surface area (Å²) in [4.78, 5) is 0. The van der Waals surface area contributed by atoms with E-state index in [9.17, 15) is 0 Å². The third-order valence-electron chi connectivity index (χ3n) is 2.36. The van der Waals surface area contributed by atoms with E-state index in [0.717, 1.165) is 5.92 Å². The molecule has 0 aromatic heterocycles. The summed E-state index contributed by atoms with van der Waals surface area (Å²) in [5, 5.41) is 0. The monoisotopic (exact) mass is 273 g/mol. The molecule has 0 aliphatic heterocycles. The maximum Gasteiger partial charge on any atom is 0.0323 e. The SMILES string of the molecule is N[C@@H](c1cccc(I)c1)C1CC1. The van der Waals surface area contributed by atoms with Gasteiger partial charge in [-0.25, -0.2) is 0 Å². The van der Waals surface area contributed by atoms with E-state index in [4.69, 9.17) is 5.73 Å². The Balaban J connectivity index is 2.20. The van der Waals surface area contributed by atoms with E-state index in [2.05, 4.69) is 46.9 Å². The van der Waals surface area contributed by atoms with Gasteiger partial charge in [-0.15, -0.1) is 0 Å². The molecule has 1 aromatic carbocycles. The van der Waals surface area contributed by atoms with Gasteiger partial charge in [0.2, 0.25) is 0 Å². The molecular weight excluding hydrogens is 261 g/mol. The maximum absolute atomic E-state index is 6.07. The number of benzene rings is 1. The van der Waals surface area contributed by atoms with Crippen LogP contribution in [0.25, 0.3) is 0 Å². The van der Waals surface area contributed by atoms with E-state index in [1.54, 1.807) is 0 Å². The van der Waals surface area contributed by atoms with Crippen LogP contribution in [0.2, 0.25) is 0 Å². The number of halogens is 1. The zero-order valence-electron chi connectivity index (χ0n) is 6.83. The lowest BCUT2D eigenvalue weighted by molar-refractivity contribution is 0.633. The molecule has 0 saturated heterocycles. The standard InChI is InChI=1S/C10H12IN/c11-9-3-1-2-8(6-9)10(12)7-4-5-7/h1-3,6-7,10H,4-5,12H2/t10-/m1/s1. The van der Waals surface area contributed by atoms with Crippen LogP contribution in [0.5, 0.6) is 0 Å². The van der Waals surface area contributed by atoms with Gasteiger partial charge in [0.25, 0.3) is 0 Å². The Morgan fingerprint density at radius 3 is 2.75 bits per heavy atom. The predicted molar refractivity (Wildman–Crippen MR) is 58.8 cm³/mol. The van der Waals surface area contributed by atoms with Crippen molar-refractivity contribution in [1.29, 1.82) is 0 Å². The summed E-state index contributed by atoms with van der Waals surface area (Å²) in [5.74, 6) is 0.753. The first kappa shape index (κ1) is 8.51. The molecule has 0 spiro atoms. The highest BCUT2D eigenvalue weighted by Gasteiger charge is 2.29. The minimum absolute atomic E-state index is 0.278. The molecule has 1 fully saturated rings. The van der Waals surface area contributed by atoms with E-state index in [-0.39, 0.29) is 6.04 Å². The Bertz CT molecular complexity index is 281.